The SMILES string of the molecule is COC(=O)NCCCc1cc(C2CC2)nc([C@@H](C)N(C(=O)[C@H]2CCCCO2)C2CC2)c1. The summed E-state index contributed by atoms with van der Waals surface area (Å²) in [6.45, 7) is 3.37. The first-order valence-corrected chi connectivity index (χ1v) is 11.8. The Kier molecular flexibility index (Phi) is 7.10. The fourth-order valence-corrected chi connectivity index (χ4v) is 4.42. The number of carbonyl (C=O) groups is 2. The fraction of sp³-hybridized carbons (Fsp3) is 0.708. The molecule has 7 nitrogen and oxygen atoms in total. The number of amides is 2. The molecule has 4 rings (SSSR count). The Balaban J connectivity index is 1.48. The van der Waals surface area contributed by atoms with Crippen LogP contribution in [0.25, 0.3) is 0 Å². The molecule has 0 radical (unpaired) electrons. The Morgan fingerprint density at radius 3 is 2.68 bits per heavy atom. The second kappa shape index (κ2) is 9.98. The van der Waals surface area contributed by atoms with Crippen molar-refractivity contribution >= 4 is 12.0 Å². The van der Waals surface area contributed by atoms with Crippen LogP contribution in [-0.2, 0) is 20.7 Å². The molecule has 0 spiro atoms. The number of pyridine rings is 1. The second-order valence-corrected chi connectivity index (χ2v) is 9.13. The molecule has 2 heterocycles. The molecule has 7 heteroatoms. The molecule has 1 aromatic heterocycles. The molecule has 170 valence electrons. The van der Waals surface area contributed by atoms with Gasteiger partial charge in [-0.3, -0.25) is 9.78 Å². The van der Waals surface area contributed by atoms with Gasteiger partial charge < -0.3 is 19.7 Å². The minimum absolute atomic E-state index is 0.0591. The normalized spacial score (nSPS) is 21.9. The van der Waals surface area contributed by atoms with E-state index in [4.69, 9.17) is 9.72 Å². The largest absolute Gasteiger partial charge is 0.453 e. The summed E-state index contributed by atoms with van der Waals surface area (Å²) < 4.78 is 10.4. The quantitative estimate of drug-likeness (QED) is 0.603. The Morgan fingerprint density at radius 2 is 2.03 bits per heavy atom. The predicted molar refractivity (Wildman–Crippen MR) is 117 cm³/mol. The van der Waals surface area contributed by atoms with Crippen molar-refractivity contribution in [2.45, 2.75) is 88.8 Å². The predicted octanol–water partition coefficient (Wildman–Crippen LogP) is 3.87. The highest BCUT2D eigenvalue weighted by atomic mass is 16.5. The fourth-order valence-electron chi connectivity index (χ4n) is 4.42. The number of nitrogens with one attached hydrogen (secondary N) is 1. The lowest BCUT2D eigenvalue weighted by atomic mass is 10.0. The summed E-state index contributed by atoms with van der Waals surface area (Å²) in [6, 6.07) is 4.61. The minimum Gasteiger partial charge on any atom is -0.453 e. The summed E-state index contributed by atoms with van der Waals surface area (Å²) in [6.07, 6.45) is 8.43. The molecular formula is C24H35N3O4. The number of ether oxygens (including phenoxy) is 2. The highest BCUT2D eigenvalue weighted by Gasteiger charge is 2.40. The van der Waals surface area contributed by atoms with Crippen LogP contribution in [0.5, 0.6) is 0 Å². The molecule has 0 aromatic carbocycles. The van der Waals surface area contributed by atoms with Gasteiger partial charge >= 0.3 is 6.09 Å². The number of methoxy groups -OCH3 is 1. The summed E-state index contributed by atoms with van der Waals surface area (Å²) in [7, 11) is 1.37. The molecular weight excluding hydrogens is 394 g/mol. The van der Waals surface area contributed by atoms with E-state index in [1.165, 1.54) is 25.5 Å². The zero-order chi connectivity index (χ0) is 21.8. The Morgan fingerprint density at radius 1 is 1.23 bits per heavy atom. The van der Waals surface area contributed by atoms with Crippen molar-refractivity contribution < 1.29 is 19.1 Å². The maximum Gasteiger partial charge on any atom is 0.406 e. The first-order valence-electron chi connectivity index (χ1n) is 11.8. The van der Waals surface area contributed by atoms with Crippen LogP contribution in [0.1, 0.15) is 87.2 Å². The number of hydrogen-bond acceptors (Lipinski definition) is 5. The number of alkyl carbamates (subject to hydrolysis) is 1. The number of aryl methyl sites for hydroxylation is 1. The van der Waals surface area contributed by atoms with Gasteiger partial charge in [-0.25, -0.2) is 4.79 Å². The lowest BCUT2D eigenvalue weighted by Crippen LogP contribution is -2.44. The van der Waals surface area contributed by atoms with E-state index in [1.54, 1.807) is 0 Å². The van der Waals surface area contributed by atoms with Gasteiger partial charge in [0.25, 0.3) is 5.91 Å². The van der Waals surface area contributed by atoms with E-state index >= 15 is 0 Å². The number of hydrogen-bond donors (Lipinski definition) is 1. The van der Waals surface area contributed by atoms with Crippen molar-refractivity contribution in [1.29, 1.82) is 0 Å². The smallest absolute Gasteiger partial charge is 0.406 e. The molecule has 0 unspecified atom stereocenters. The third-order valence-electron chi connectivity index (χ3n) is 6.51. The van der Waals surface area contributed by atoms with Gasteiger partial charge in [0.15, 0.2) is 0 Å². The highest BCUT2D eigenvalue weighted by Crippen LogP contribution is 2.41. The van der Waals surface area contributed by atoms with Gasteiger partial charge in [-0.15, -0.1) is 0 Å². The summed E-state index contributed by atoms with van der Waals surface area (Å²) in [5.74, 6) is 0.683. The van der Waals surface area contributed by atoms with E-state index in [0.29, 0.717) is 25.1 Å². The molecule has 3 fully saturated rings. The minimum atomic E-state index is -0.397. The Bertz CT molecular complexity index is 785. The van der Waals surface area contributed by atoms with Crippen LogP contribution in [0.3, 0.4) is 0 Å². The molecule has 0 bridgehead atoms. The van der Waals surface area contributed by atoms with Gasteiger partial charge in [0.05, 0.1) is 18.8 Å². The lowest BCUT2D eigenvalue weighted by molar-refractivity contribution is -0.149. The lowest BCUT2D eigenvalue weighted by Gasteiger charge is -2.34. The van der Waals surface area contributed by atoms with Crippen molar-refractivity contribution in [3.63, 3.8) is 0 Å². The van der Waals surface area contributed by atoms with Crippen molar-refractivity contribution in [3.05, 3.63) is 29.1 Å². The Hall–Kier alpha value is -2.15. The topological polar surface area (TPSA) is 80.8 Å². The summed E-state index contributed by atoms with van der Waals surface area (Å²) >= 11 is 0. The third kappa shape index (κ3) is 5.76. The van der Waals surface area contributed by atoms with Gasteiger partial charge in [0, 0.05) is 30.8 Å². The van der Waals surface area contributed by atoms with E-state index in [1.807, 2.05) is 0 Å². The van der Waals surface area contributed by atoms with E-state index in [-0.39, 0.29) is 18.1 Å². The van der Waals surface area contributed by atoms with Crippen LogP contribution >= 0.6 is 0 Å². The van der Waals surface area contributed by atoms with Crippen molar-refractivity contribution in [2.24, 2.45) is 0 Å². The third-order valence-corrected chi connectivity index (χ3v) is 6.51. The maximum atomic E-state index is 13.3. The maximum absolute atomic E-state index is 13.3. The van der Waals surface area contributed by atoms with E-state index in [9.17, 15) is 9.59 Å². The molecule has 31 heavy (non-hydrogen) atoms. The second-order valence-electron chi connectivity index (χ2n) is 9.13. The average molecular weight is 430 g/mol. The Labute approximate surface area is 184 Å². The molecule has 1 aliphatic heterocycles. The van der Waals surface area contributed by atoms with Crippen molar-refractivity contribution in [2.75, 3.05) is 20.3 Å². The summed E-state index contributed by atoms with van der Waals surface area (Å²) in [5.41, 5.74) is 3.36. The molecule has 1 saturated heterocycles. The van der Waals surface area contributed by atoms with Crippen LogP contribution in [0.15, 0.2) is 12.1 Å². The van der Waals surface area contributed by atoms with Gasteiger partial charge in [-0.05, 0) is 82.4 Å². The van der Waals surface area contributed by atoms with E-state index in [0.717, 1.165) is 56.3 Å². The molecule has 2 aliphatic carbocycles. The zero-order valence-corrected chi connectivity index (χ0v) is 18.8. The van der Waals surface area contributed by atoms with Crippen LogP contribution in [-0.4, -0.2) is 54.3 Å². The van der Waals surface area contributed by atoms with E-state index < -0.39 is 6.09 Å². The summed E-state index contributed by atoms with van der Waals surface area (Å²) in [4.78, 5) is 31.7. The van der Waals surface area contributed by atoms with Crippen LogP contribution < -0.4 is 5.32 Å². The van der Waals surface area contributed by atoms with Gasteiger partial charge in [-0.2, -0.15) is 0 Å². The number of aromatic nitrogens is 1. The standard InChI is InChI=1S/C24H35N3O4/c1-16(27(19-10-11-19)23(28)22-7-3-4-13-31-22)20-14-17(6-5-12-25-24(29)30-2)15-21(26-20)18-8-9-18/h14-16,18-19,22H,3-13H2,1-2H3,(H,25,29)/t16-,22-/m1/s1. The number of carbonyl (C=O) groups excluding carboxylic acids is 2. The molecule has 2 saturated carbocycles. The van der Waals surface area contributed by atoms with Gasteiger partial charge in [0.1, 0.15) is 6.10 Å². The number of nitrogens with zero attached hydrogens (tertiary/aromatic N) is 2. The van der Waals surface area contributed by atoms with Gasteiger partial charge in [-0.1, -0.05) is 0 Å². The first-order chi connectivity index (χ1) is 15.1. The molecule has 1 aromatic rings. The average Bonchev–Trinajstić information content (AvgIpc) is 3.70. The molecule has 3 aliphatic rings. The summed E-state index contributed by atoms with van der Waals surface area (Å²) in [5, 5.41) is 2.74. The first kappa shape index (κ1) is 22.1. The van der Waals surface area contributed by atoms with Crippen molar-refractivity contribution in [3.8, 4) is 0 Å². The van der Waals surface area contributed by atoms with E-state index in [2.05, 4.69) is 34.0 Å². The molecule has 2 atom stereocenters. The van der Waals surface area contributed by atoms with Crippen LogP contribution in [0.4, 0.5) is 4.79 Å². The number of rotatable bonds is 9. The van der Waals surface area contributed by atoms with Crippen LogP contribution in [0, 0.1) is 0 Å². The van der Waals surface area contributed by atoms with Gasteiger partial charge in [0.2, 0.25) is 0 Å². The van der Waals surface area contributed by atoms with Crippen molar-refractivity contribution in [1.82, 2.24) is 15.2 Å². The zero-order valence-electron chi connectivity index (χ0n) is 18.8. The molecule has 1 N–H and O–H groups in total. The highest BCUT2D eigenvalue weighted by molar-refractivity contribution is 5.82. The van der Waals surface area contributed by atoms with Crippen LogP contribution in [0.2, 0.25) is 0 Å². The molecule has 2 amide bonds. The monoisotopic (exact) mass is 429 g/mol.